The van der Waals surface area contributed by atoms with Crippen molar-refractivity contribution in [1.29, 1.82) is 0 Å². The highest BCUT2D eigenvalue weighted by atomic mass is 35.5. The van der Waals surface area contributed by atoms with Gasteiger partial charge in [-0.25, -0.2) is 0 Å². The molecule has 108 valence electrons. The van der Waals surface area contributed by atoms with Gasteiger partial charge in [0.15, 0.2) is 0 Å². The van der Waals surface area contributed by atoms with Crippen molar-refractivity contribution in [2.24, 2.45) is 0 Å². The molecule has 1 amide bonds. The molecule has 6 heteroatoms. The number of carbonyl (C=O) groups is 1. The van der Waals surface area contributed by atoms with Crippen molar-refractivity contribution in [3.05, 3.63) is 58.1 Å². The van der Waals surface area contributed by atoms with Crippen LogP contribution in [0, 0.1) is 13.8 Å². The fraction of sp³-hybridized carbons (Fsp3) is 0.133. The third kappa shape index (κ3) is 3.64. The summed E-state index contributed by atoms with van der Waals surface area (Å²) in [5.74, 6) is -0.303. The molecular weight excluding hydrogens is 288 g/mol. The van der Waals surface area contributed by atoms with Crippen LogP contribution in [0.25, 0.3) is 0 Å². The summed E-state index contributed by atoms with van der Waals surface area (Å²) >= 11 is 5.92. The predicted octanol–water partition coefficient (Wildman–Crippen LogP) is 1.89. The van der Waals surface area contributed by atoms with Gasteiger partial charge in [0.05, 0.1) is 0 Å². The highest BCUT2D eigenvalue weighted by molar-refractivity contribution is 6.62. The van der Waals surface area contributed by atoms with Crippen molar-refractivity contribution in [3.63, 3.8) is 0 Å². The maximum atomic E-state index is 12.2. The van der Waals surface area contributed by atoms with Gasteiger partial charge >= 0.3 is 7.12 Å². The lowest BCUT2D eigenvalue weighted by Gasteiger charge is -2.10. The number of nitrogens with one attached hydrogen (secondary N) is 1. The molecule has 0 aliphatic carbocycles. The van der Waals surface area contributed by atoms with Crippen molar-refractivity contribution in [2.45, 2.75) is 13.8 Å². The van der Waals surface area contributed by atoms with E-state index in [0.717, 1.165) is 16.8 Å². The summed E-state index contributed by atoms with van der Waals surface area (Å²) < 4.78 is 0. The molecule has 0 aliphatic rings. The molecule has 4 nitrogen and oxygen atoms in total. The average Bonchev–Trinajstić information content (AvgIpc) is 2.41. The first-order valence-electron chi connectivity index (χ1n) is 6.42. The van der Waals surface area contributed by atoms with E-state index in [1.165, 1.54) is 18.2 Å². The third-order valence-electron chi connectivity index (χ3n) is 3.17. The van der Waals surface area contributed by atoms with Gasteiger partial charge in [0.1, 0.15) is 0 Å². The lowest BCUT2D eigenvalue weighted by atomic mass is 9.80. The molecule has 0 fully saturated rings. The molecule has 2 aromatic rings. The first kappa shape index (κ1) is 15.6. The maximum Gasteiger partial charge on any atom is 0.489 e. The Hall–Kier alpha value is -1.82. The molecular formula is C15H15BClNO3. The zero-order valence-corrected chi connectivity index (χ0v) is 12.5. The van der Waals surface area contributed by atoms with E-state index >= 15 is 0 Å². The van der Waals surface area contributed by atoms with Gasteiger partial charge in [-0.15, -0.1) is 0 Å². The number of anilines is 1. The van der Waals surface area contributed by atoms with E-state index in [1.54, 1.807) is 0 Å². The monoisotopic (exact) mass is 303 g/mol. The van der Waals surface area contributed by atoms with Crippen LogP contribution in [0.2, 0.25) is 5.02 Å². The molecule has 0 aliphatic heterocycles. The zero-order valence-electron chi connectivity index (χ0n) is 11.7. The minimum absolute atomic E-state index is 0.137. The Labute approximate surface area is 128 Å². The molecule has 0 bridgehead atoms. The lowest BCUT2D eigenvalue weighted by Crippen LogP contribution is -2.31. The number of aryl methyl sites for hydroxylation is 2. The zero-order chi connectivity index (χ0) is 15.6. The Bertz CT molecular complexity index is 689. The molecule has 3 N–H and O–H groups in total. The number of hydrogen-bond acceptors (Lipinski definition) is 3. The van der Waals surface area contributed by atoms with Crippen LogP contribution in [0.4, 0.5) is 5.69 Å². The molecule has 0 saturated heterocycles. The summed E-state index contributed by atoms with van der Waals surface area (Å²) in [6, 6.07) is 10.1. The molecule has 2 aromatic carbocycles. The summed E-state index contributed by atoms with van der Waals surface area (Å²) in [5.41, 5.74) is 3.34. The highest BCUT2D eigenvalue weighted by Crippen LogP contribution is 2.18. The van der Waals surface area contributed by atoms with Gasteiger partial charge in [-0.2, -0.15) is 0 Å². The van der Waals surface area contributed by atoms with Crippen molar-refractivity contribution < 1.29 is 14.8 Å². The molecule has 0 heterocycles. The van der Waals surface area contributed by atoms with Crippen molar-refractivity contribution in [3.8, 4) is 0 Å². The lowest BCUT2D eigenvalue weighted by molar-refractivity contribution is 0.102. The van der Waals surface area contributed by atoms with Gasteiger partial charge in [-0.1, -0.05) is 35.4 Å². The number of carbonyl (C=O) groups excluding carboxylic acids is 1. The van der Waals surface area contributed by atoms with E-state index in [1.807, 2.05) is 32.0 Å². The average molecular weight is 304 g/mol. The van der Waals surface area contributed by atoms with Crippen LogP contribution >= 0.6 is 11.6 Å². The van der Waals surface area contributed by atoms with Crippen LogP contribution in [0.3, 0.4) is 0 Å². The van der Waals surface area contributed by atoms with Gasteiger partial charge < -0.3 is 15.4 Å². The van der Waals surface area contributed by atoms with Crippen molar-refractivity contribution >= 4 is 35.8 Å². The molecule has 0 atom stereocenters. The number of rotatable bonds is 3. The first-order chi connectivity index (χ1) is 9.88. The largest absolute Gasteiger partial charge is 0.489 e. The summed E-state index contributed by atoms with van der Waals surface area (Å²) in [6.45, 7) is 3.90. The van der Waals surface area contributed by atoms with Crippen LogP contribution in [0.15, 0.2) is 36.4 Å². The van der Waals surface area contributed by atoms with Crippen LogP contribution in [-0.4, -0.2) is 23.1 Å². The Morgan fingerprint density at radius 3 is 2.43 bits per heavy atom. The maximum absolute atomic E-state index is 12.2. The quantitative estimate of drug-likeness (QED) is 0.758. The third-order valence-corrected chi connectivity index (χ3v) is 3.50. The van der Waals surface area contributed by atoms with E-state index in [9.17, 15) is 4.79 Å². The Balaban J connectivity index is 2.22. The molecule has 0 spiro atoms. The van der Waals surface area contributed by atoms with E-state index < -0.39 is 7.12 Å². The number of benzene rings is 2. The minimum Gasteiger partial charge on any atom is -0.423 e. The Kier molecular flexibility index (Phi) is 4.68. The fourth-order valence-corrected chi connectivity index (χ4v) is 2.30. The molecule has 21 heavy (non-hydrogen) atoms. The van der Waals surface area contributed by atoms with Crippen molar-refractivity contribution in [1.82, 2.24) is 0 Å². The van der Waals surface area contributed by atoms with E-state index in [0.29, 0.717) is 5.56 Å². The Morgan fingerprint density at radius 1 is 1.14 bits per heavy atom. The second-order valence-corrected chi connectivity index (χ2v) is 5.29. The summed E-state index contributed by atoms with van der Waals surface area (Å²) in [6.07, 6.45) is 0. The van der Waals surface area contributed by atoms with Crippen molar-refractivity contribution in [2.75, 3.05) is 5.32 Å². The smallest absolute Gasteiger partial charge is 0.423 e. The molecule has 0 saturated carbocycles. The topological polar surface area (TPSA) is 69.6 Å². The molecule has 0 radical (unpaired) electrons. The van der Waals surface area contributed by atoms with Gasteiger partial charge in [0.2, 0.25) is 0 Å². The van der Waals surface area contributed by atoms with Crippen LogP contribution in [0.1, 0.15) is 21.5 Å². The summed E-state index contributed by atoms with van der Waals surface area (Å²) in [4.78, 5) is 12.2. The van der Waals surface area contributed by atoms with Gasteiger partial charge in [-0.3, -0.25) is 4.79 Å². The summed E-state index contributed by atoms with van der Waals surface area (Å²) in [5, 5.41) is 21.1. The van der Waals surface area contributed by atoms with Crippen LogP contribution in [0.5, 0.6) is 0 Å². The minimum atomic E-state index is -1.66. The van der Waals surface area contributed by atoms with Crippen LogP contribution < -0.4 is 10.8 Å². The normalized spacial score (nSPS) is 10.3. The van der Waals surface area contributed by atoms with Gasteiger partial charge in [-0.05, 0) is 37.6 Å². The van der Waals surface area contributed by atoms with Gasteiger partial charge in [0, 0.05) is 21.7 Å². The summed E-state index contributed by atoms with van der Waals surface area (Å²) in [7, 11) is -1.66. The van der Waals surface area contributed by atoms with E-state index in [-0.39, 0.29) is 16.4 Å². The molecule has 0 unspecified atom stereocenters. The first-order valence-corrected chi connectivity index (χ1v) is 6.80. The van der Waals surface area contributed by atoms with E-state index in [2.05, 4.69) is 5.32 Å². The van der Waals surface area contributed by atoms with Crippen LogP contribution in [-0.2, 0) is 0 Å². The number of amides is 1. The van der Waals surface area contributed by atoms with Gasteiger partial charge in [0.25, 0.3) is 5.91 Å². The fourth-order valence-electron chi connectivity index (χ4n) is 2.03. The highest BCUT2D eigenvalue weighted by Gasteiger charge is 2.17. The number of halogens is 1. The predicted molar refractivity (Wildman–Crippen MR) is 85.1 cm³/mol. The Morgan fingerprint density at radius 2 is 1.86 bits per heavy atom. The van der Waals surface area contributed by atoms with E-state index in [4.69, 9.17) is 21.6 Å². The SMILES string of the molecule is Cc1ccc(NC(=O)c2ccc(B(O)O)c(Cl)c2)c(C)c1. The second kappa shape index (κ2) is 6.31. The number of hydrogen-bond donors (Lipinski definition) is 3. The molecule has 0 aromatic heterocycles. The standard InChI is InChI=1S/C15H15BClNO3/c1-9-3-6-14(10(2)7-9)18-15(19)11-4-5-12(16(20)21)13(17)8-11/h3-8,20-21H,1-2H3,(H,18,19). The second-order valence-electron chi connectivity index (χ2n) is 4.88. The molecule has 2 rings (SSSR count).